The van der Waals surface area contributed by atoms with Crippen molar-refractivity contribution in [2.24, 2.45) is 0 Å². The summed E-state index contributed by atoms with van der Waals surface area (Å²) in [6.07, 6.45) is 0. The molecule has 1 aromatic rings. The lowest BCUT2D eigenvalue weighted by atomic mass is 10.1. The first-order valence-corrected chi connectivity index (χ1v) is 7.79. The van der Waals surface area contributed by atoms with Crippen LogP contribution in [0.3, 0.4) is 0 Å². The number of rotatable bonds is 1. The number of carbonyl (C=O) groups is 1. The average Bonchev–Trinajstić information content (AvgIpc) is 2.43. The molecule has 1 aliphatic heterocycles. The molecule has 0 aromatic heterocycles. The van der Waals surface area contributed by atoms with E-state index in [1.165, 1.54) is 18.2 Å². The second-order valence-electron chi connectivity index (χ2n) is 5.12. The van der Waals surface area contributed by atoms with Gasteiger partial charge in [0.15, 0.2) is 0 Å². The number of carbonyl (C=O) groups excluding carboxylic acids is 1. The number of hydrogen-bond acceptors (Lipinski definition) is 3. The molecule has 5 heteroatoms. The highest BCUT2D eigenvalue weighted by Crippen LogP contribution is 2.26. The minimum absolute atomic E-state index is 0.128. The van der Waals surface area contributed by atoms with Crippen LogP contribution in [0.4, 0.5) is 4.39 Å². The Balaban J connectivity index is 2.30. The fourth-order valence-electron chi connectivity index (χ4n) is 2.46. The van der Waals surface area contributed by atoms with E-state index < -0.39 is 5.82 Å². The Labute approximate surface area is 128 Å². The fourth-order valence-corrected chi connectivity index (χ4v) is 3.78. The quantitative estimate of drug-likeness (QED) is 0.808. The van der Waals surface area contributed by atoms with Crippen molar-refractivity contribution in [3.8, 4) is 11.8 Å². The summed E-state index contributed by atoms with van der Waals surface area (Å²) in [6, 6.07) is 3.97. The molecule has 0 saturated carbocycles. The molecular formula is C16H18FNO2S. The van der Waals surface area contributed by atoms with Crippen molar-refractivity contribution in [1.82, 2.24) is 4.90 Å². The number of nitrogens with zero attached hydrogens (tertiary/aromatic N) is 1. The predicted molar refractivity (Wildman–Crippen MR) is 82.8 cm³/mol. The molecule has 0 aliphatic carbocycles. The molecule has 2 atom stereocenters. The smallest absolute Gasteiger partial charge is 0.255 e. The maximum atomic E-state index is 13.3. The Kier molecular flexibility index (Phi) is 5.27. The molecule has 0 spiro atoms. The summed E-state index contributed by atoms with van der Waals surface area (Å²) in [4.78, 5) is 14.4. The van der Waals surface area contributed by atoms with Gasteiger partial charge in [0.25, 0.3) is 5.91 Å². The largest absolute Gasteiger partial charge is 0.384 e. The Bertz CT molecular complexity index is 584. The predicted octanol–water partition coefficient (Wildman–Crippen LogP) is 2.14. The summed E-state index contributed by atoms with van der Waals surface area (Å²) in [5.41, 5.74) is 0.719. The summed E-state index contributed by atoms with van der Waals surface area (Å²) in [6.45, 7) is 5.23. The van der Waals surface area contributed by atoms with Crippen LogP contribution in [0.5, 0.6) is 0 Å². The molecule has 1 aromatic carbocycles. The van der Waals surface area contributed by atoms with Crippen LogP contribution in [-0.2, 0) is 0 Å². The summed E-state index contributed by atoms with van der Waals surface area (Å²) >= 11 is 1.86. The lowest BCUT2D eigenvalue weighted by Gasteiger charge is -2.34. The van der Waals surface area contributed by atoms with Crippen molar-refractivity contribution in [3.05, 3.63) is 35.1 Å². The molecule has 1 amide bonds. The van der Waals surface area contributed by atoms with Crippen LogP contribution in [0.2, 0.25) is 0 Å². The van der Waals surface area contributed by atoms with Gasteiger partial charge in [0, 0.05) is 29.2 Å². The van der Waals surface area contributed by atoms with Gasteiger partial charge in [-0.15, -0.1) is 0 Å². The van der Waals surface area contributed by atoms with E-state index in [9.17, 15) is 9.18 Å². The first-order chi connectivity index (χ1) is 10.0. The van der Waals surface area contributed by atoms with E-state index in [0.29, 0.717) is 34.7 Å². The van der Waals surface area contributed by atoms with E-state index in [1.807, 2.05) is 11.8 Å². The molecule has 1 fully saturated rings. The molecule has 21 heavy (non-hydrogen) atoms. The van der Waals surface area contributed by atoms with E-state index in [4.69, 9.17) is 5.11 Å². The fraction of sp³-hybridized carbons (Fsp3) is 0.438. The third-order valence-corrected chi connectivity index (χ3v) is 4.45. The zero-order chi connectivity index (χ0) is 15.4. The van der Waals surface area contributed by atoms with E-state index in [2.05, 4.69) is 25.7 Å². The van der Waals surface area contributed by atoms with Gasteiger partial charge in [-0.2, -0.15) is 11.8 Å². The Morgan fingerprint density at radius 1 is 1.43 bits per heavy atom. The van der Waals surface area contributed by atoms with Crippen LogP contribution < -0.4 is 0 Å². The van der Waals surface area contributed by atoms with Crippen LogP contribution in [0.25, 0.3) is 0 Å². The van der Waals surface area contributed by atoms with Crippen LogP contribution in [0.1, 0.15) is 29.8 Å². The van der Waals surface area contributed by atoms with Gasteiger partial charge < -0.3 is 10.0 Å². The molecule has 0 bridgehead atoms. The van der Waals surface area contributed by atoms with E-state index in [1.54, 1.807) is 4.90 Å². The highest BCUT2D eigenvalue weighted by Gasteiger charge is 2.27. The molecule has 112 valence electrons. The van der Waals surface area contributed by atoms with Crippen LogP contribution in [-0.4, -0.2) is 46.1 Å². The zero-order valence-corrected chi connectivity index (χ0v) is 12.9. The molecule has 1 saturated heterocycles. The maximum absolute atomic E-state index is 13.3. The third-order valence-electron chi connectivity index (χ3n) is 3.22. The van der Waals surface area contributed by atoms with E-state index in [0.717, 1.165) is 0 Å². The molecule has 0 radical (unpaired) electrons. The second kappa shape index (κ2) is 6.97. The summed E-state index contributed by atoms with van der Waals surface area (Å²) < 4.78 is 13.3. The standard InChI is InChI=1S/C16H18FNO2S/c1-11-9-18(10-12(2)21-11)16(20)15-6-5-14(17)8-13(15)4-3-7-19/h5-6,8,11-12,19H,7,9-10H2,1-2H3. The van der Waals surface area contributed by atoms with Gasteiger partial charge >= 0.3 is 0 Å². The Morgan fingerprint density at radius 2 is 2.10 bits per heavy atom. The monoisotopic (exact) mass is 307 g/mol. The van der Waals surface area contributed by atoms with Gasteiger partial charge in [-0.1, -0.05) is 25.7 Å². The molecule has 2 unspecified atom stereocenters. The number of aliphatic hydroxyl groups excluding tert-OH is 1. The van der Waals surface area contributed by atoms with Gasteiger partial charge in [-0.25, -0.2) is 4.39 Å². The molecule has 2 rings (SSSR count). The van der Waals surface area contributed by atoms with Crippen molar-refractivity contribution in [2.45, 2.75) is 24.3 Å². The van der Waals surface area contributed by atoms with Gasteiger partial charge in [-0.3, -0.25) is 4.79 Å². The van der Waals surface area contributed by atoms with Crippen molar-refractivity contribution in [3.63, 3.8) is 0 Å². The molecule has 1 N–H and O–H groups in total. The van der Waals surface area contributed by atoms with Gasteiger partial charge in [0.05, 0.1) is 5.56 Å². The van der Waals surface area contributed by atoms with Crippen LogP contribution in [0, 0.1) is 17.7 Å². The number of thioether (sulfide) groups is 1. The summed E-state index contributed by atoms with van der Waals surface area (Å²) in [5, 5.41) is 9.54. The van der Waals surface area contributed by atoms with E-state index in [-0.39, 0.29) is 12.5 Å². The van der Waals surface area contributed by atoms with Gasteiger partial charge in [0.1, 0.15) is 12.4 Å². The second-order valence-corrected chi connectivity index (χ2v) is 7.00. The number of benzene rings is 1. The van der Waals surface area contributed by atoms with Crippen molar-refractivity contribution in [2.75, 3.05) is 19.7 Å². The van der Waals surface area contributed by atoms with Crippen LogP contribution in [0.15, 0.2) is 18.2 Å². The van der Waals surface area contributed by atoms with E-state index >= 15 is 0 Å². The molecular weight excluding hydrogens is 289 g/mol. The normalized spacial score (nSPS) is 21.6. The maximum Gasteiger partial charge on any atom is 0.255 e. The number of aliphatic hydroxyl groups is 1. The van der Waals surface area contributed by atoms with Gasteiger partial charge in [-0.05, 0) is 18.2 Å². The summed E-state index contributed by atoms with van der Waals surface area (Å²) in [5.74, 6) is 4.56. The third kappa shape index (κ3) is 3.99. The topological polar surface area (TPSA) is 40.5 Å². The highest BCUT2D eigenvalue weighted by molar-refractivity contribution is 8.00. The number of hydrogen-bond donors (Lipinski definition) is 1. The Morgan fingerprint density at radius 3 is 2.71 bits per heavy atom. The number of amides is 1. The van der Waals surface area contributed by atoms with Gasteiger partial charge in [0.2, 0.25) is 0 Å². The summed E-state index contributed by atoms with van der Waals surface area (Å²) in [7, 11) is 0. The van der Waals surface area contributed by atoms with Crippen LogP contribution >= 0.6 is 11.8 Å². The first-order valence-electron chi connectivity index (χ1n) is 6.85. The first kappa shape index (κ1) is 15.9. The number of halogens is 1. The zero-order valence-electron chi connectivity index (χ0n) is 12.1. The van der Waals surface area contributed by atoms with Crippen molar-refractivity contribution in [1.29, 1.82) is 0 Å². The lowest BCUT2D eigenvalue weighted by molar-refractivity contribution is 0.0753. The molecule has 3 nitrogen and oxygen atoms in total. The molecule has 1 heterocycles. The van der Waals surface area contributed by atoms with Crippen molar-refractivity contribution >= 4 is 17.7 Å². The minimum Gasteiger partial charge on any atom is -0.384 e. The average molecular weight is 307 g/mol. The minimum atomic E-state index is -0.440. The SMILES string of the molecule is CC1CN(C(=O)c2ccc(F)cc2C#CCO)CC(C)S1. The lowest BCUT2D eigenvalue weighted by Crippen LogP contribution is -2.44. The van der Waals surface area contributed by atoms with Crippen molar-refractivity contribution < 1.29 is 14.3 Å². The Hall–Kier alpha value is -1.51. The highest BCUT2D eigenvalue weighted by atomic mass is 32.2. The molecule has 1 aliphatic rings.